The van der Waals surface area contributed by atoms with Gasteiger partial charge in [-0.3, -0.25) is 9.59 Å². The van der Waals surface area contributed by atoms with Gasteiger partial charge in [-0.05, 0) is 30.5 Å². The van der Waals surface area contributed by atoms with Crippen LogP contribution in [0.2, 0.25) is 0 Å². The van der Waals surface area contributed by atoms with Crippen LogP contribution in [-0.2, 0) is 16.0 Å². The quantitative estimate of drug-likeness (QED) is 0.813. The maximum atomic E-state index is 13.1. The number of rotatable bonds is 6. The van der Waals surface area contributed by atoms with Crippen molar-refractivity contribution in [1.82, 2.24) is 10.2 Å². The molecule has 2 amide bonds. The van der Waals surface area contributed by atoms with Crippen molar-refractivity contribution in [3.05, 3.63) is 35.6 Å². The average molecular weight is 308 g/mol. The molecule has 1 unspecified atom stereocenters. The number of hydrogen-bond acceptors (Lipinski definition) is 3. The van der Waals surface area contributed by atoms with Crippen molar-refractivity contribution in [1.29, 1.82) is 0 Å². The standard InChI is InChI=1S/C16H21FN2O3/c17-14-3-1-2-12(10-14)6-8-19-11-13(4-5-15(19)21)16(22)18-7-9-20/h1-3,10,13,20H,4-9,11H2,(H,18,22). The maximum absolute atomic E-state index is 13.1. The molecule has 1 atom stereocenters. The predicted molar refractivity (Wildman–Crippen MR) is 79.5 cm³/mol. The van der Waals surface area contributed by atoms with Gasteiger partial charge in [0.15, 0.2) is 0 Å². The van der Waals surface area contributed by atoms with E-state index in [-0.39, 0.29) is 36.7 Å². The topological polar surface area (TPSA) is 69.6 Å². The lowest BCUT2D eigenvalue weighted by atomic mass is 9.96. The van der Waals surface area contributed by atoms with Crippen LogP contribution in [0.1, 0.15) is 18.4 Å². The Labute approximate surface area is 129 Å². The monoisotopic (exact) mass is 308 g/mol. The third-order valence-corrected chi connectivity index (χ3v) is 3.84. The summed E-state index contributed by atoms with van der Waals surface area (Å²) in [6.07, 6.45) is 1.45. The Kier molecular flexibility index (Phi) is 5.89. The van der Waals surface area contributed by atoms with Crippen molar-refractivity contribution in [2.45, 2.75) is 19.3 Å². The number of aliphatic hydroxyl groups excluding tert-OH is 1. The van der Waals surface area contributed by atoms with Gasteiger partial charge in [0.05, 0.1) is 12.5 Å². The van der Waals surface area contributed by atoms with Gasteiger partial charge in [-0.2, -0.15) is 0 Å². The predicted octanol–water partition coefficient (Wildman–Crippen LogP) is 0.715. The van der Waals surface area contributed by atoms with Crippen molar-refractivity contribution in [2.75, 3.05) is 26.2 Å². The molecule has 2 rings (SSSR count). The van der Waals surface area contributed by atoms with E-state index in [0.717, 1.165) is 5.56 Å². The second-order valence-electron chi connectivity index (χ2n) is 5.47. The molecule has 1 aromatic carbocycles. The summed E-state index contributed by atoms with van der Waals surface area (Å²) in [7, 11) is 0. The Morgan fingerprint density at radius 2 is 2.27 bits per heavy atom. The number of piperidine rings is 1. The Morgan fingerprint density at radius 1 is 1.45 bits per heavy atom. The van der Waals surface area contributed by atoms with Crippen molar-refractivity contribution in [3.8, 4) is 0 Å². The van der Waals surface area contributed by atoms with E-state index in [4.69, 9.17) is 5.11 Å². The Hall–Kier alpha value is -1.95. The maximum Gasteiger partial charge on any atom is 0.224 e. The summed E-state index contributed by atoms with van der Waals surface area (Å²) < 4.78 is 13.1. The smallest absolute Gasteiger partial charge is 0.224 e. The highest BCUT2D eigenvalue weighted by molar-refractivity contribution is 5.83. The second kappa shape index (κ2) is 7.89. The van der Waals surface area contributed by atoms with Gasteiger partial charge >= 0.3 is 0 Å². The Morgan fingerprint density at radius 3 is 3.00 bits per heavy atom. The van der Waals surface area contributed by atoms with Crippen LogP contribution in [0.3, 0.4) is 0 Å². The van der Waals surface area contributed by atoms with Crippen molar-refractivity contribution in [3.63, 3.8) is 0 Å². The summed E-state index contributed by atoms with van der Waals surface area (Å²) in [5.74, 6) is -0.625. The highest BCUT2D eigenvalue weighted by Gasteiger charge is 2.29. The van der Waals surface area contributed by atoms with E-state index < -0.39 is 0 Å². The number of carbonyl (C=O) groups is 2. The Balaban J connectivity index is 1.88. The Bertz CT molecular complexity index is 536. The molecule has 5 nitrogen and oxygen atoms in total. The highest BCUT2D eigenvalue weighted by Crippen LogP contribution is 2.18. The van der Waals surface area contributed by atoms with Crippen LogP contribution in [0.25, 0.3) is 0 Å². The lowest BCUT2D eigenvalue weighted by molar-refractivity contribution is -0.138. The lowest BCUT2D eigenvalue weighted by Crippen LogP contribution is -2.46. The molecule has 0 bridgehead atoms. The molecule has 0 saturated carbocycles. The van der Waals surface area contributed by atoms with E-state index in [1.165, 1.54) is 12.1 Å². The van der Waals surface area contributed by atoms with E-state index in [9.17, 15) is 14.0 Å². The molecule has 0 spiro atoms. The van der Waals surface area contributed by atoms with Gasteiger partial charge in [0.2, 0.25) is 11.8 Å². The number of nitrogens with zero attached hydrogens (tertiary/aromatic N) is 1. The van der Waals surface area contributed by atoms with Crippen LogP contribution in [0.15, 0.2) is 24.3 Å². The molecule has 2 N–H and O–H groups in total. The molecule has 120 valence electrons. The highest BCUT2D eigenvalue weighted by atomic mass is 19.1. The van der Waals surface area contributed by atoms with E-state index in [2.05, 4.69) is 5.32 Å². The fourth-order valence-electron chi connectivity index (χ4n) is 2.62. The zero-order valence-electron chi connectivity index (χ0n) is 12.4. The molecule has 1 aliphatic heterocycles. The number of nitrogens with one attached hydrogen (secondary N) is 1. The van der Waals surface area contributed by atoms with Gasteiger partial charge in [0.1, 0.15) is 5.82 Å². The zero-order valence-corrected chi connectivity index (χ0v) is 12.4. The largest absolute Gasteiger partial charge is 0.395 e. The first-order valence-corrected chi connectivity index (χ1v) is 7.51. The van der Waals surface area contributed by atoms with Crippen molar-refractivity contribution < 1.29 is 19.1 Å². The summed E-state index contributed by atoms with van der Waals surface area (Å²) in [4.78, 5) is 25.5. The van der Waals surface area contributed by atoms with E-state index >= 15 is 0 Å². The second-order valence-corrected chi connectivity index (χ2v) is 5.47. The molecule has 6 heteroatoms. The molecule has 1 saturated heterocycles. The first-order valence-electron chi connectivity index (χ1n) is 7.51. The normalized spacial score (nSPS) is 18.4. The summed E-state index contributed by atoms with van der Waals surface area (Å²) in [6, 6.07) is 6.31. The molecular formula is C16H21FN2O3. The SMILES string of the molecule is O=C(NCCO)C1CCC(=O)N(CCc2cccc(F)c2)C1. The van der Waals surface area contributed by atoms with Crippen molar-refractivity contribution in [2.24, 2.45) is 5.92 Å². The number of hydrogen-bond donors (Lipinski definition) is 2. The molecule has 1 heterocycles. The van der Waals surface area contributed by atoms with Gasteiger partial charge in [-0.25, -0.2) is 4.39 Å². The van der Waals surface area contributed by atoms with Gasteiger partial charge in [0.25, 0.3) is 0 Å². The number of likely N-dealkylation sites (tertiary alicyclic amines) is 1. The summed E-state index contributed by atoms with van der Waals surface area (Å²) in [6.45, 7) is 0.991. The molecule has 22 heavy (non-hydrogen) atoms. The summed E-state index contributed by atoms with van der Waals surface area (Å²) in [5.41, 5.74) is 0.833. The zero-order chi connectivity index (χ0) is 15.9. The van der Waals surface area contributed by atoms with E-state index in [0.29, 0.717) is 32.4 Å². The number of aliphatic hydroxyl groups is 1. The molecule has 1 aliphatic rings. The fraction of sp³-hybridized carbons (Fsp3) is 0.500. The van der Waals surface area contributed by atoms with Gasteiger partial charge in [-0.1, -0.05) is 12.1 Å². The van der Waals surface area contributed by atoms with Crippen LogP contribution < -0.4 is 5.32 Å². The molecule has 1 aromatic rings. The molecule has 0 aromatic heterocycles. The van der Waals surface area contributed by atoms with Crippen LogP contribution >= 0.6 is 0 Å². The van der Waals surface area contributed by atoms with E-state index in [1.54, 1.807) is 11.0 Å². The van der Waals surface area contributed by atoms with Crippen LogP contribution in [0.4, 0.5) is 4.39 Å². The molecule has 0 radical (unpaired) electrons. The number of amides is 2. The number of carbonyl (C=O) groups excluding carboxylic acids is 2. The molecular weight excluding hydrogens is 287 g/mol. The van der Waals surface area contributed by atoms with Crippen LogP contribution in [0.5, 0.6) is 0 Å². The first-order chi connectivity index (χ1) is 10.6. The van der Waals surface area contributed by atoms with Crippen LogP contribution in [-0.4, -0.2) is 48.1 Å². The third kappa shape index (κ3) is 4.53. The first kappa shape index (κ1) is 16.4. The van der Waals surface area contributed by atoms with Crippen molar-refractivity contribution >= 4 is 11.8 Å². The number of benzene rings is 1. The van der Waals surface area contributed by atoms with Crippen LogP contribution in [0, 0.1) is 11.7 Å². The van der Waals surface area contributed by atoms with Gasteiger partial charge in [-0.15, -0.1) is 0 Å². The minimum Gasteiger partial charge on any atom is -0.395 e. The molecule has 0 aliphatic carbocycles. The minimum atomic E-state index is -0.288. The minimum absolute atomic E-state index is 0.0302. The van der Waals surface area contributed by atoms with Gasteiger partial charge < -0.3 is 15.3 Å². The summed E-state index contributed by atoms with van der Waals surface area (Å²) in [5, 5.41) is 11.4. The third-order valence-electron chi connectivity index (χ3n) is 3.84. The summed E-state index contributed by atoms with van der Waals surface area (Å²) >= 11 is 0. The fourth-order valence-corrected chi connectivity index (χ4v) is 2.62. The average Bonchev–Trinajstić information content (AvgIpc) is 2.52. The van der Waals surface area contributed by atoms with Gasteiger partial charge in [0, 0.05) is 26.1 Å². The lowest BCUT2D eigenvalue weighted by Gasteiger charge is -2.32. The van der Waals surface area contributed by atoms with E-state index in [1.807, 2.05) is 6.07 Å². The number of halogens is 1. The molecule has 1 fully saturated rings.